The summed E-state index contributed by atoms with van der Waals surface area (Å²) in [6.07, 6.45) is 0.709. The van der Waals surface area contributed by atoms with E-state index < -0.39 is 20.6 Å². The number of halogens is 2. The van der Waals surface area contributed by atoms with Gasteiger partial charge in [-0.2, -0.15) is 0 Å². The molecule has 0 aliphatic heterocycles. The van der Waals surface area contributed by atoms with Gasteiger partial charge in [-0.05, 0) is 37.8 Å². The van der Waals surface area contributed by atoms with Gasteiger partial charge in [-0.15, -0.1) is 0 Å². The lowest BCUT2D eigenvalue weighted by Crippen LogP contribution is -2.31. The van der Waals surface area contributed by atoms with Crippen molar-refractivity contribution in [1.82, 2.24) is 0 Å². The zero-order chi connectivity index (χ0) is 15.6. The van der Waals surface area contributed by atoms with E-state index in [1.807, 2.05) is 24.3 Å². The number of alkyl halides is 2. The number of hydrogen-bond donors (Lipinski definition) is 2. The van der Waals surface area contributed by atoms with E-state index in [2.05, 4.69) is 31.9 Å². The fraction of sp³-hybridized carbons (Fsp3) is 0.429. The molecular formula is C14H16Br2O4. The average molecular weight is 408 g/mol. The molecule has 0 heterocycles. The van der Waals surface area contributed by atoms with Gasteiger partial charge in [0.1, 0.15) is 8.65 Å². The number of hydrogen-bond acceptors (Lipinski definition) is 2. The first kappa shape index (κ1) is 17.2. The number of aliphatic carboxylic acids is 2. The first-order valence-corrected chi connectivity index (χ1v) is 7.56. The second-order valence-electron chi connectivity index (χ2n) is 5.18. The zero-order valence-electron chi connectivity index (χ0n) is 11.2. The Morgan fingerprint density at radius 3 is 1.35 bits per heavy atom. The van der Waals surface area contributed by atoms with Crippen LogP contribution < -0.4 is 0 Å². The Balaban J connectivity index is 2.80. The van der Waals surface area contributed by atoms with Crippen LogP contribution in [0.15, 0.2) is 24.3 Å². The van der Waals surface area contributed by atoms with Crippen LogP contribution in [-0.2, 0) is 22.4 Å². The van der Waals surface area contributed by atoms with Gasteiger partial charge in [-0.3, -0.25) is 9.59 Å². The maximum absolute atomic E-state index is 11.0. The number of carboxylic acids is 2. The van der Waals surface area contributed by atoms with E-state index in [9.17, 15) is 9.59 Å². The van der Waals surface area contributed by atoms with Crippen molar-refractivity contribution in [2.24, 2.45) is 0 Å². The molecule has 2 N–H and O–H groups in total. The largest absolute Gasteiger partial charge is 0.480 e. The van der Waals surface area contributed by atoms with E-state index in [1.54, 1.807) is 13.8 Å². The summed E-state index contributed by atoms with van der Waals surface area (Å²) in [6, 6.07) is 7.29. The monoisotopic (exact) mass is 406 g/mol. The highest BCUT2D eigenvalue weighted by Crippen LogP contribution is 2.26. The van der Waals surface area contributed by atoms with Crippen molar-refractivity contribution < 1.29 is 19.8 Å². The molecule has 0 radical (unpaired) electrons. The molecule has 1 rings (SSSR count). The summed E-state index contributed by atoms with van der Waals surface area (Å²) in [6.45, 7) is 3.20. The summed E-state index contributed by atoms with van der Waals surface area (Å²) in [5.74, 6) is -1.83. The lowest BCUT2D eigenvalue weighted by molar-refractivity contribution is -0.140. The van der Waals surface area contributed by atoms with Gasteiger partial charge in [0.15, 0.2) is 0 Å². The highest BCUT2D eigenvalue weighted by Gasteiger charge is 2.31. The highest BCUT2D eigenvalue weighted by atomic mass is 79.9. The zero-order valence-corrected chi connectivity index (χ0v) is 14.4. The Hall–Kier alpha value is -0.880. The highest BCUT2D eigenvalue weighted by molar-refractivity contribution is 9.10. The molecule has 1 aromatic rings. The molecule has 2 atom stereocenters. The van der Waals surface area contributed by atoms with Crippen LogP contribution in [0.25, 0.3) is 0 Å². The van der Waals surface area contributed by atoms with Gasteiger partial charge >= 0.3 is 11.9 Å². The Labute approximate surface area is 134 Å². The van der Waals surface area contributed by atoms with E-state index in [-0.39, 0.29) is 0 Å². The van der Waals surface area contributed by atoms with Gasteiger partial charge < -0.3 is 10.2 Å². The standard InChI is InChI=1S/C14H16Br2O4/c1-13(15,11(17)18)7-9-3-5-10(6-4-9)8-14(2,16)12(19)20/h3-6H,7-8H2,1-2H3,(H,17,18)(H,19,20). The van der Waals surface area contributed by atoms with Crippen molar-refractivity contribution >= 4 is 43.8 Å². The second kappa shape index (κ2) is 6.26. The van der Waals surface area contributed by atoms with Crippen LogP contribution in [0.3, 0.4) is 0 Å². The van der Waals surface area contributed by atoms with Crippen molar-refractivity contribution in [3.8, 4) is 0 Å². The minimum absolute atomic E-state index is 0.354. The molecule has 0 aliphatic carbocycles. The third-order valence-corrected chi connectivity index (χ3v) is 4.23. The van der Waals surface area contributed by atoms with Crippen molar-refractivity contribution in [1.29, 1.82) is 0 Å². The molecule has 20 heavy (non-hydrogen) atoms. The number of rotatable bonds is 6. The summed E-state index contributed by atoms with van der Waals surface area (Å²) in [5, 5.41) is 18.1. The van der Waals surface area contributed by atoms with E-state index in [4.69, 9.17) is 10.2 Å². The Bertz CT molecular complexity index is 459. The second-order valence-corrected chi connectivity index (χ2v) is 8.68. The van der Waals surface area contributed by atoms with Crippen LogP contribution in [0.4, 0.5) is 0 Å². The van der Waals surface area contributed by atoms with Crippen LogP contribution in [0.5, 0.6) is 0 Å². The molecule has 0 bridgehead atoms. The molecule has 0 aromatic heterocycles. The first-order chi connectivity index (χ1) is 9.04. The van der Waals surface area contributed by atoms with Crippen LogP contribution in [-0.4, -0.2) is 30.8 Å². The third kappa shape index (κ3) is 4.59. The van der Waals surface area contributed by atoms with E-state index in [0.717, 1.165) is 11.1 Å². The molecule has 0 spiro atoms. The summed E-state index contributed by atoms with van der Waals surface area (Å²) in [4.78, 5) is 22.1. The van der Waals surface area contributed by atoms with Crippen molar-refractivity contribution in [2.45, 2.75) is 35.3 Å². The number of carboxylic acid groups (broad SMARTS) is 2. The normalized spacial score (nSPS) is 17.0. The summed E-state index contributed by atoms with van der Waals surface area (Å²) >= 11 is 6.37. The predicted molar refractivity (Wildman–Crippen MR) is 83.8 cm³/mol. The predicted octanol–water partition coefficient (Wildman–Crippen LogP) is 3.25. The molecule has 6 heteroatoms. The van der Waals surface area contributed by atoms with Gasteiger partial charge in [-0.25, -0.2) is 0 Å². The molecule has 0 saturated carbocycles. The van der Waals surface area contributed by atoms with Gasteiger partial charge in [0, 0.05) is 0 Å². The van der Waals surface area contributed by atoms with E-state index in [1.165, 1.54) is 0 Å². The molecule has 2 unspecified atom stereocenters. The lowest BCUT2D eigenvalue weighted by atomic mass is 9.96. The average Bonchev–Trinajstić information content (AvgIpc) is 2.30. The van der Waals surface area contributed by atoms with Gasteiger partial charge in [0.2, 0.25) is 0 Å². The van der Waals surface area contributed by atoms with Crippen molar-refractivity contribution in [3.05, 3.63) is 35.4 Å². The molecule has 1 aromatic carbocycles. The fourth-order valence-electron chi connectivity index (χ4n) is 1.69. The van der Waals surface area contributed by atoms with Crippen LogP contribution in [0.1, 0.15) is 25.0 Å². The minimum atomic E-state index is -1.00. The topological polar surface area (TPSA) is 74.6 Å². The Morgan fingerprint density at radius 1 is 0.900 bits per heavy atom. The smallest absolute Gasteiger partial charge is 0.320 e. The van der Waals surface area contributed by atoms with Gasteiger partial charge in [0.25, 0.3) is 0 Å². The summed E-state index contributed by atoms with van der Waals surface area (Å²) in [7, 11) is 0. The maximum Gasteiger partial charge on any atom is 0.320 e. The van der Waals surface area contributed by atoms with Crippen LogP contribution in [0.2, 0.25) is 0 Å². The molecule has 0 amide bonds. The van der Waals surface area contributed by atoms with Gasteiger partial charge in [-0.1, -0.05) is 56.1 Å². The lowest BCUT2D eigenvalue weighted by Gasteiger charge is -2.19. The van der Waals surface area contributed by atoms with Crippen molar-refractivity contribution in [3.63, 3.8) is 0 Å². The third-order valence-electron chi connectivity index (χ3n) is 2.99. The SMILES string of the molecule is CC(Br)(Cc1ccc(CC(C)(Br)C(=O)O)cc1)C(=O)O. The van der Waals surface area contributed by atoms with Gasteiger partial charge in [0.05, 0.1) is 0 Å². The number of carbonyl (C=O) groups is 2. The number of benzene rings is 1. The molecule has 0 fully saturated rings. The summed E-state index contributed by atoms with van der Waals surface area (Å²) < 4.78 is -2.00. The molecule has 110 valence electrons. The van der Waals surface area contributed by atoms with Crippen LogP contribution >= 0.6 is 31.9 Å². The Morgan fingerprint density at radius 2 is 1.15 bits per heavy atom. The van der Waals surface area contributed by atoms with Crippen molar-refractivity contribution in [2.75, 3.05) is 0 Å². The molecule has 0 saturated heterocycles. The molecular weight excluding hydrogens is 392 g/mol. The quantitative estimate of drug-likeness (QED) is 0.709. The fourth-order valence-corrected chi connectivity index (χ4v) is 2.34. The van der Waals surface area contributed by atoms with E-state index >= 15 is 0 Å². The maximum atomic E-state index is 11.0. The first-order valence-electron chi connectivity index (χ1n) is 5.97. The Kier molecular flexibility index (Phi) is 5.38. The minimum Gasteiger partial charge on any atom is -0.480 e. The molecule has 0 aliphatic rings. The van der Waals surface area contributed by atoms with Crippen LogP contribution in [0, 0.1) is 0 Å². The molecule has 4 nitrogen and oxygen atoms in total. The van der Waals surface area contributed by atoms with E-state index in [0.29, 0.717) is 12.8 Å². The summed E-state index contributed by atoms with van der Waals surface area (Å²) in [5.41, 5.74) is 1.75.